The molecule has 32 heavy (non-hydrogen) atoms. The first-order chi connectivity index (χ1) is 15.5. The van der Waals surface area contributed by atoms with Crippen LogP contribution in [-0.2, 0) is 4.79 Å². The van der Waals surface area contributed by atoms with Crippen LogP contribution in [0.5, 0.6) is 5.75 Å². The van der Waals surface area contributed by atoms with Gasteiger partial charge in [0, 0.05) is 6.04 Å². The van der Waals surface area contributed by atoms with Gasteiger partial charge in [-0.1, -0.05) is 52.4 Å². The van der Waals surface area contributed by atoms with Gasteiger partial charge in [0.05, 0.1) is 18.1 Å². The van der Waals surface area contributed by atoms with E-state index in [1.165, 1.54) is 44.1 Å². The van der Waals surface area contributed by atoms with Gasteiger partial charge in [-0.05, 0) is 85.2 Å². The minimum absolute atomic E-state index is 0.151. The quantitative estimate of drug-likeness (QED) is 0.447. The van der Waals surface area contributed by atoms with Gasteiger partial charge in [0.1, 0.15) is 5.75 Å². The SMILES string of the molecule is COc1cc(C)c(C=C2SC(=NC3CCCCC3)N(C3CCCCC3)C2=O)cc1C(C)C. The monoisotopic (exact) mass is 454 g/mol. The van der Waals surface area contributed by atoms with E-state index in [2.05, 4.69) is 43.9 Å². The fourth-order valence-electron chi connectivity index (χ4n) is 5.24. The second kappa shape index (κ2) is 10.5. The largest absolute Gasteiger partial charge is 0.496 e. The molecule has 1 aliphatic heterocycles. The number of thioether (sulfide) groups is 1. The predicted octanol–water partition coefficient (Wildman–Crippen LogP) is 7.06. The van der Waals surface area contributed by atoms with Crippen LogP contribution in [0.1, 0.15) is 101 Å². The minimum atomic E-state index is 0.151. The number of carbonyl (C=O) groups excluding carboxylic acids is 1. The summed E-state index contributed by atoms with van der Waals surface area (Å²) in [6, 6.07) is 4.97. The van der Waals surface area contributed by atoms with Gasteiger partial charge in [0.15, 0.2) is 5.17 Å². The molecule has 1 heterocycles. The second-order valence-electron chi connectivity index (χ2n) is 9.89. The van der Waals surface area contributed by atoms with Gasteiger partial charge in [-0.15, -0.1) is 0 Å². The van der Waals surface area contributed by atoms with Crippen LogP contribution in [0.4, 0.5) is 0 Å². The van der Waals surface area contributed by atoms with Crippen LogP contribution >= 0.6 is 11.8 Å². The van der Waals surface area contributed by atoms with E-state index in [1.807, 2.05) is 0 Å². The van der Waals surface area contributed by atoms with Crippen LogP contribution in [0.25, 0.3) is 6.08 Å². The summed E-state index contributed by atoms with van der Waals surface area (Å²) in [6.45, 7) is 6.46. The summed E-state index contributed by atoms with van der Waals surface area (Å²) in [7, 11) is 1.73. The van der Waals surface area contributed by atoms with E-state index in [0.717, 1.165) is 52.6 Å². The maximum Gasteiger partial charge on any atom is 0.266 e. The lowest BCUT2D eigenvalue weighted by atomic mass is 9.94. The predicted molar refractivity (Wildman–Crippen MR) is 135 cm³/mol. The zero-order valence-corrected chi connectivity index (χ0v) is 21.0. The third-order valence-corrected chi connectivity index (χ3v) is 8.17. The molecule has 0 N–H and O–H groups in total. The fraction of sp³-hybridized carbons (Fsp3) is 0.630. The number of methoxy groups -OCH3 is 1. The zero-order valence-electron chi connectivity index (χ0n) is 20.2. The van der Waals surface area contributed by atoms with Gasteiger partial charge in [0.2, 0.25) is 0 Å². The van der Waals surface area contributed by atoms with Gasteiger partial charge >= 0.3 is 0 Å². The minimum Gasteiger partial charge on any atom is -0.496 e. The Labute approximate surface area is 197 Å². The van der Waals surface area contributed by atoms with Crippen molar-refractivity contribution in [2.45, 2.75) is 103 Å². The van der Waals surface area contributed by atoms with Crippen molar-refractivity contribution in [3.63, 3.8) is 0 Å². The average Bonchev–Trinajstić information content (AvgIpc) is 3.10. The molecule has 0 aromatic heterocycles. The molecule has 0 atom stereocenters. The summed E-state index contributed by atoms with van der Waals surface area (Å²) in [5, 5.41) is 0.954. The lowest BCUT2D eigenvalue weighted by Gasteiger charge is -2.31. The molecule has 0 radical (unpaired) electrons. The normalized spacial score (nSPS) is 23.7. The third kappa shape index (κ3) is 5.08. The smallest absolute Gasteiger partial charge is 0.266 e. The molecule has 3 fully saturated rings. The maximum atomic E-state index is 13.6. The molecule has 0 unspecified atom stereocenters. The van der Waals surface area contributed by atoms with E-state index >= 15 is 0 Å². The number of benzene rings is 1. The highest BCUT2D eigenvalue weighted by Crippen LogP contribution is 2.39. The van der Waals surface area contributed by atoms with E-state index in [1.54, 1.807) is 18.9 Å². The number of nitrogens with zero attached hydrogens (tertiary/aromatic N) is 2. The third-order valence-electron chi connectivity index (χ3n) is 7.17. The Kier molecular flexibility index (Phi) is 7.65. The van der Waals surface area contributed by atoms with E-state index in [-0.39, 0.29) is 5.91 Å². The van der Waals surface area contributed by atoms with Gasteiger partial charge in [-0.25, -0.2) is 0 Å². The fourth-order valence-corrected chi connectivity index (χ4v) is 6.34. The number of carbonyl (C=O) groups is 1. The number of amidine groups is 1. The summed E-state index contributed by atoms with van der Waals surface area (Å²) in [4.78, 5) is 21.7. The number of amides is 1. The van der Waals surface area contributed by atoms with E-state index < -0.39 is 0 Å². The van der Waals surface area contributed by atoms with Crippen molar-refractivity contribution in [2.75, 3.05) is 7.11 Å². The molecule has 4 nitrogen and oxygen atoms in total. The van der Waals surface area contributed by atoms with Crippen molar-refractivity contribution >= 4 is 28.9 Å². The average molecular weight is 455 g/mol. The number of hydrogen-bond donors (Lipinski definition) is 0. The van der Waals surface area contributed by atoms with Gasteiger partial charge in [-0.2, -0.15) is 0 Å². The van der Waals surface area contributed by atoms with Gasteiger partial charge in [-0.3, -0.25) is 14.7 Å². The number of rotatable bonds is 5. The molecule has 3 aliphatic rings. The summed E-state index contributed by atoms with van der Waals surface area (Å²) in [5.74, 6) is 1.43. The molecule has 2 saturated carbocycles. The Morgan fingerprint density at radius 1 is 1.06 bits per heavy atom. The second-order valence-corrected chi connectivity index (χ2v) is 10.9. The number of ether oxygens (including phenoxy) is 1. The molecule has 0 spiro atoms. The van der Waals surface area contributed by atoms with Crippen LogP contribution in [-0.4, -0.2) is 35.2 Å². The number of hydrogen-bond acceptors (Lipinski definition) is 4. The molecule has 0 bridgehead atoms. The molecule has 4 rings (SSSR count). The molecule has 174 valence electrons. The van der Waals surface area contributed by atoms with Crippen LogP contribution in [0, 0.1) is 6.92 Å². The van der Waals surface area contributed by atoms with Gasteiger partial charge < -0.3 is 4.74 Å². The Bertz CT molecular complexity index is 893. The molecule has 2 aliphatic carbocycles. The van der Waals surface area contributed by atoms with Crippen molar-refractivity contribution in [3.8, 4) is 5.75 Å². The standard InChI is InChI=1S/C27H38N2O2S/c1-18(2)23-16-20(19(3)15-24(23)31-4)17-25-26(30)29(22-13-9-6-10-14-22)27(32-25)28-21-11-7-5-8-12-21/h15-18,21-22H,5-14H2,1-4H3. The first kappa shape index (κ1) is 23.4. The summed E-state index contributed by atoms with van der Waals surface area (Å²) in [6.07, 6.45) is 14.2. The van der Waals surface area contributed by atoms with Crippen molar-refractivity contribution in [1.29, 1.82) is 0 Å². The first-order valence-corrected chi connectivity index (χ1v) is 13.3. The van der Waals surface area contributed by atoms with E-state index in [9.17, 15) is 4.79 Å². The van der Waals surface area contributed by atoms with Crippen LogP contribution in [0.2, 0.25) is 0 Å². The summed E-state index contributed by atoms with van der Waals surface area (Å²) in [5.41, 5.74) is 3.42. The number of aryl methyl sites for hydroxylation is 1. The van der Waals surface area contributed by atoms with Crippen molar-refractivity contribution in [2.24, 2.45) is 4.99 Å². The molecular weight excluding hydrogens is 416 g/mol. The van der Waals surface area contributed by atoms with Crippen LogP contribution in [0.3, 0.4) is 0 Å². The Morgan fingerprint density at radius 3 is 2.34 bits per heavy atom. The van der Waals surface area contributed by atoms with Crippen LogP contribution in [0.15, 0.2) is 22.0 Å². The molecule has 1 aromatic rings. The Hall–Kier alpha value is -1.75. The summed E-state index contributed by atoms with van der Waals surface area (Å²) < 4.78 is 5.61. The highest BCUT2D eigenvalue weighted by Gasteiger charge is 2.39. The summed E-state index contributed by atoms with van der Waals surface area (Å²) >= 11 is 1.60. The van der Waals surface area contributed by atoms with E-state index in [0.29, 0.717) is 18.0 Å². The van der Waals surface area contributed by atoms with Crippen molar-refractivity contribution in [1.82, 2.24) is 4.90 Å². The highest BCUT2D eigenvalue weighted by atomic mass is 32.2. The molecule has 1 amide bonds. The maximum absolute atomic E-state index is 13.6. The Morgan fingerprint density at radius 2 is 1.72 bits per heavy atom. The molecular formula is C27H38N2O2S. The molecule has 1 saturated heterocycles. The molecule has 5 heteroatoms. The lowest BCUT2D eigenvalue weighted by molar-refractivity contribution is -0.124. The van der Waals surface area contributed by atoms with Crippen molar-refractivity contribution < 1.29 is 9.53 Å². The van der Waals surface area contributed by atoms with Gasteiger partial charge in [0.25, 0.3) is 5.91 Å². The number of aliphatic imine (C=N–C) groups is 1. The first-order valence-electron chi connectivity index (χ1n) is 12.5. The lowest BCUT2D eigenvalue weighted by Crippen LogP contribution is -2.41. The van der Waals surface area contributed by atoms with Crippen LogP contribution < -0.4 is 4.74 Å². The topological polar surface area (TPSA) is 41.9 Å². The molecule has 1 aromatic carbocycles. The zero-order chi connectivity index (χ0) is 22.7. The Balaban J connectivity index is 1.68. The van der Waals surface area contributed by atoms with E-state index in [4.69, 9.17) is 9.73 Å². The highest BCUT2D eigenvalue weighted by molar-refractivity contribution is 8.18. The van der Waals surface area contributed by atoms with Crippen molar-refractivity contribution in [3.05, 3.63) is 33.7 Å².